The minimum Gasteiger partial charge on any atom is -0.508 e. The van der Waals surface area contributed by atoms with Gasteiger partial charge in [-0.05, 0) is 32.4 Å². The molecule has 1 fully saturated rings. The highest BCUT2D eigenvalue weighted by atomic mass is 16.5. The summed E-state index contributed by atoms with van der Waals surface area (Å²) in [5.41, 5.74) is 0.967. The Morgan fingerprint density at radius 1 is 1.48 bits per heavy atom. The molecule has 0 bridgehead atoms. The molecule has 0 spiro atoms. The van der Waals surface area contributed by atoms with Crippen molar-refractivity contribution in [1.29, 1.82) is 0 Å². The summed E-state index contributed by atoms with van der Waals surface area (Å²) in [7, 11) is 0. The summed E-state index contributed by atoms with van der Waals surface area (Å²) in [6, 6.07) is 7.50. The first-order valence-corrected chi connectivity index (χ1v) is 8.51. The molecule has 1 aliphatic rings. The van der Waals surface area contributed by atoms with Gasteiger partial charge in [-0.15, -0.1) is 0 Å². The zero-order valence-corrected chi connectivity index (χ0v) is 14.6. The molecule has 1 aromatic heterocycles. The standard InChI is InChI=1S/C18H24N4O3/c1-13(2)22-11-17(9-19-22)25-12-18(24)20-14-6-7-21(10-14)15-4-3-5-16(23)8-15/h3-5,8-9,11,13-14,23H,6-7,10,12H2,1-2H3,(H,20,24)/t14-/m0/s1. The van der Waals surface area contributed by atoms with Gasteiger partial charge in [-0.1, -0.05) is 6.07 Å². The van der Waals surface area contributed by atoms with E-state index in [1.54, 1.807) is 29.2 Å². The fourth-order valence-electron chi connectivity index (χ4n) is 2.90. The second-order valence-corrected chi connectivity index (χ2v) is 6.56. The molecule has 1 atom stereocenters. The first-order chi connectivity index (χ1) is 12.0. The van der Waals surface area contributed by atoms with Gasteiger partial charge < -0.3 is 20.1 Å². The van der Waals surface area contributed by atoms with Gasteiger partial charge in [0, 0.05) is 36.9 Å². The zero-order valence-electron chi connectivity index (χ0n) is 14.6. The number of carbonyl (C=O) groups excluding carboxylic acids is 1. The van der Waals surface area contributed by atoms with Crippen molar-refractivity contribution in [3.8, 4) is 11.5 Å². The van der Waals surface area contributed by atoms with E-state index in [1.165, 1.54) is 0 Å². The highest BCUT2D eigenvalue weighted by Gasteiger charge is 2.24. The average Bonchev–Trinajstić information content (AvgIpc) is 3.22. The van der Waals surface area contributed by atoms with E-state index >= 15 is 0 Å². The van der Waals surface area contributed by atoms with Crippen LogP contribution in [0.2, 0.25) is 0 Å². The van der Waals surface area contributed by atoms with Crippen LogP contribution in [0, 0.1) is 0 Å². The fourth-order valence-corrected chi connectivity index (χ4v) is 2.90. The van der Waals surface area contributed by atoms with Crippen LogP contribution in [-0.4, -0.2) is 46.5 Å². The molecular weight excluding hydrogens is 320 g/mol. The van der Waals surface area contributed by atoms with E-state index in [-0.39, 0.29) is 30.3 Å². The summed E-state index contributed by atoms with van der Waals surface area (Å²) in [6.45, 7) is 5.60. The molecule has 2 aromatic rings. The second-order valence-electron chi connectivity index (χ2n) is 6.56. The van der Waals surface area contributed by atoms with Crippen LogP contribution in [0.15, 0.2) is 36.7 Å². The topological polar surface area (TPSA) is 79.6 Å². The predicted molar refractivity (Wildman–Crippen MR) is 95.0 cm³/mol. The van der Waals surface area contributed by atoms with Gasteiger partial charge in [0.1, 0.15) is 5.75 Å². The largest absolute Gasteiger partial charge is 0.508 e. The molecule has 1 amide bonds. The molecule has 1 aromatic carbocycles. The summed E-state index contributed by atoms with van der Waals surface area (Å²) in [4.78, 5) is 14.2. The van der Waals surface area contributed by atoms with Gasteiger partial charge in [0.2, 0.25) is 0 Å². The van der Waals surface area contributed by atoms with Crippen LogP contribution in [0.1, 0.15) is 26.3 Å². The van der Waals surface area contributed by atoms with Crippen LogP contribution in [0.5, 0.6) is 11.5 Å². The lowest BCUT2D eigenvalue weighted by atomic mass is 10.2. The zero-order chi connectivity index (χ0) is 17.8. The van der Waals surface area contributed by atoms with Crippen molar-refractivity contribution in [1.82, 2.24) is 15.1 Å². The van der Waals surface area contributed by atoms with E-state index < -0.39 is 0 Å². The maximum Gasteiger partial charge on any atom is 0.258 e. The van der Waals surface area contributed by atoms with E-state index in [1.807, 2.05) is 26.0 Å². The molecule has 2 heterocycles. The van der Waals surface area contributed by atoms with Gasteiger partial charge in [-0.2, -0.15) is 5.10 Å². The van der Waals surface area contributed by atoms with Gasteiger partial charge >= 0.3 is 0 Å². The summed E-state index contributed by atoms with van der Waals surface area (Å²) < 4.78 is 7.28. The van der Waals surface area contributed by atoms with Crippen LogP contribution in [-0.2, 0) is 4.79 Å². The third-order valence-corrected chi connectivity index (χ3v) is 4.23. The Balaban J connectivity index is 1.45. The third-order valence-electron chi connectivity index (χ3n) is 4.23. The summed E-state index contributed by atoms with van der Waals surface area (Å²) >= 11 is 0. The van der Waals surface area contributed by atoms with Crippen molar-refractivity contribution in [3.05, 3.63) is 36.7 Å². The van der Waals surface area contributed by atoms with Gasteiger partial charge in [-0.25, -0.2) is 0 Å². The molecule has 1 aliphatic heterocycles. The van der Waals surface area contributed by atoms with Crippen LogP contribution < -0.4 is 15.0 Å². The van der Waals surface area contributed by atoms with Crippen molar-refractivity contribution in [2.45, 2.75) is 32.4 Å². The molecule has 25 heavy (non-hydrogen) atoms. The van der Waals surface area contributed by atoms with Crippen molar-refractivity contribution in [3.63, 3.8) is 0 Å². The number of carbonyl (C=O) groups is 1. The van der Waals surface area contributed by atoms with Gasteiger partial charge in [0.15, 0.2) is 12.4 Å². The van der Waals surface area contributed by atoms with Crippen LogP contribution >= 0.6 is 0 Å². The Morgan fingerprint density at radius 2 is 2.32 bits per heavy atom. The first kappa shape index (κ1) is 17.1. The Kier molecular flexibility index (Phi) is 5.11. The molecule has 134 valence electrons. The molecule has 0 unspecified atom stereocenters. The number of aromatic hydroxyl groups is 1. The Bertz CT molecular complexity index is 729. The van der Waals surface area contributed by atoms with Crippen molar-refractivity contribution >= 4 is 11.6 Å². The van der Waals surface area contributed by atoms with Crippen LogP contribution in [0.4, 0.5) is 5.69 Å². The maximum atomic E-state index is 12.1. The normalized spacial score (nSPS) is 17.1. The summed E-state index contributed by atoms with van der Waals surface area (Å²) in [5.74, 6) is 0.706. The molecule has 7 heteroatoms. The average molecular weight is 344 g/mol. The third kappa shape index (κ3) is 4.43. The molecule has 0 radical (unpaired) electrons. The molecule has 0 aliphatic carbocycles. The van der Waals surface area contributed by atoms with E-state index in [4.69, 9.17) is 4.74 Å². The molecule has 1 saturated heterocycles. The predicted octanol–water partition coefficient (Wildman–Crippen LogP) is 1.94. The van der Waals surface area contributed by atoms with E-state index in [9.17, 15) is 9.90 Å². The lowest BCUT2D eigenvalue weighted by Crippen LogP contribution is -2.39. The van der Waals surface area contributed by atoms with Crippen molar-refractivity contribution < 1.29 is 14.6 Å². The van der Waals surface area contributed by atoms with Crippen molar-refractivity contribution in [2.75, 3.05) is 24.6 Å². The van der Waals surface area contributed by atoms with E-state index in [2.05, 4.69) is 15.3 Å². The Labute approximate surface area is 147 Å². The smallest absolute Gasteiger partial charge is 0.258 e. The number of ether oxygens (including phenoxy) is 1. The summed E-state index contributed by atoms with van der Waals surface area (Å²) in [6.07, 6.45) is 4.27. The molecule has 2 N–H and O–H groups in total. The van der Waals surface area contributed by atoms with E-state index in [0.29, 0.717) is 5.75 Å². The lowest BCUT2D eigenvalue weighted by Gasteiger charge is -2.19. The highest BCUT2D eigenvalue weighted by Crippen LogP contribution is 2.23. The molecule has 3 rings (SSSR count). The number of phenols is 1. The molecular formula is C18H24N4O3. The number of hydrogen-bond acceptors (Lipinski definition) is 5. The number of aromatic nitrogens is 2. The quantitative estimate of drug-likeness (QED) is 0.837. The number of phenolic OH excluding ortho intramolecular Hbond substituents is 1. The number of nitrogens with zero attached hydrogens (tertiary/aromatic N) is 3. The second kappa shape index (κ2) is 7.46. The Morgan fingerprint density at radius 3 is 3.04 bits per heavy atom. The van der Waals surface area contributed by atoms with Gasteiger partial charge in [-0.3, -0.25) is 9.48 Å². The fraction of sp³-hybridized carbons (Fsp3) is 0.444. The SMILES string of the molecule is CC(C)n1cc(OCC(=O)N[C@H]2CCN(c3cccc(O)c3)C2)cn1. The number of rotatable bonds is 6. The minimum absolute atomic E-state index is 0.0214. The van der Waals surface area contributed by atoms with Crippen molar-refractivity contribution in [2.24, 2.45) is 0 Å². The van der Waals surface area contributed by atoms with Crippen LogP contribution in [0.3, 0.4) is 0 Å². The highest BCUT2D eigenvalue weighted by molar-refractivity contribution is 5.78. The van der Waals surface area contributed by atoms with Gasteiger partial charge in [0.05, 0.1) is 12.4 Å². The first-order valence-electron chi connectivity index (χ1n) is 8.51. The maximum absolute atomic E-state index is 12.1. The van der Waals surface area contributed by atoms with E-state index in [0.717, 1.165) is 25.2 Å². The van der Waals surface area contributed by atoms with Crippen LogP contribution in [0.25, 0.3) is 0 Å². The number of amides is 1. The number of nitrogens with one attached hydrogen (secondary N) is 1. The number of benzene rings is 1. The number of hydrogen-bond donors (Lipinski definition) is 2. The molecule has 7 nitrogen and oxygen atoms in total. The monoisotopic (exact) mass is 344 g/mol. The summed E-state index contributed by atoms with van der Waals surface area (Å²) in [5, 5.41) is 16.8. The minimum atomic E-state index is -0.139. The Hall–Kier alpha value is -2.70. The lowest BCUT2D eigenvalue weighted by molar-refractivity contribution is -0.123. The number of anilines is 1. The van der Waals surface area contributed by atoms with Gasteiger partial charge in [0.25, 0.3) is 5.91 Å². The molecule has 0 saturated carbocycles.